The van der Waals surface area contributed by atoms with Gasteiger partial charge in [0, 0.05) is 53.2 Å². The van der Waals surface area contributed by atoms with Crippen molar-refractivity contribution in [3.63, 3.8) is 0 Å². The summed E-state index contributed by atoms with van der Waals surface area (Å²) >= 11 is 0. The van der Waals surface area contributed by atoms with E-state index in [9.17, 15) is 23.9 Å². The smallest absolute Gasteiger partial charge is 0.313 e. The molecule has 0 saturated carbocycles. The van der Waals surface area contributed by atoms with Gasteiger partial charge in [-0.3, -0.25) is 23.9 Å². The van der Waals surface area contributed by atoms with Gasteiger partial charge in [0.1, 0.15) is 0 Å². The molecule has 0 aliphatic carbocycles. The Morgan fingerprint density at radius 2 is 2.17 bits per heavy atom. The van der Waals surface area contributed by atoms with E-state index in [0.717, 1.165) is 0 Å². The molecule has 2 rings (SSSR count). The Labute approximate surface area is 135 Å². The molecule has 2 amide bonds. The highest BCUT2D eigenvalue weighted by Gasteiger charge is 2.27. The molecule has 1 aliphatic heterocycles. The third-order valence-electron chi connectivity index (χ3n) is 3.39. The summed E-state index contributed by atoms with van der Waals surface area (Å²) in [7, 11) is -0.985. The zero-order valence-corrected chi connectivity index (χ0v) is 13.4. The third-order valence-corrected chi connectivity index (χ3v) is 4.97. The molecular formula is C14H17N3O5S. The van der Waals surface area contributed by atoms with Gasteiger partial charge in [-0.1, -0.05) is 13.0 Å². The molecule has 1 aromatic carbocycles. The SMILES string of the molecule is C[C@H]1CN(C(=O)C(=O)Nc2cccc([N+](=O)[O-])c2)CC[S@](=O)C1. The molecule has 124 valence electrons. The minimum absolute atomic E-state index is 0.0490. The maximum absolute atomic E-state index is 12.2. The topological polar surface area (TPSA) is 110 Å². The van der Waals surface area contributed by atoms with Crippen LogP contribution in [0.4, 0.5) is 11.4 Å². The van der Waals surface area contributed by atoms with Crippen molar-refractivity contribution in [3.05, 3.63) is 34.4 Å². The van der Waals surface area contributed by atoms with Crippen LogP contribution < -0.4 is 5.32 Å². The second kappa shape index (κ2) is 7.32. The van der Waals surface area contributed by atoms with Crippen LogP contribution in [-0.2, 0) is 20.4 Å². The zero-order chi connectivity index (χ0) is 17.0. The Morgan fingerprint density at radius 3 is 2.87 bits per heavy atom. The number of non-ortho nitro benzene ring substituents is 1. The molecule has 1 heterocycles. The summed E-state index contributed by atoms with van der Waals surface area (Å²) in [4.78, 5) is 35.8. The minimum atomic E-state index is -0.985. The van der Waals surface area contributed by atoms with Crippen molar-refractivity contribution in [3.8, 4) is 0 Å². The average Bonchev–Trinajstić information content (AvgIpc) is 2.67. The molecule has 0 unspecified atom stereocenters. The van der Waals surface area contributed by atoms with Gasteiger partial charge in [0.15, 0.2) is 0 Å². The molecule has 1 saturated heterocycles. The number of nitro benzene ring substituents is 1. The first-order valence-corrected chi connectivity index (χ1v) is 8.55. The van der Waals surface area contributed by atoms with Crippen LogP contribution in [0.25, 0.3) is 0 Å². The number of rotatable bonds is 2. The fraction of sp³-hybridized carbons (Fsp3) is 0.429. The van der Waals surface area contributed by atoms with Crippen LogP contribution in [0.15, 0.2) is 24.3 Å². The van der Waals surface area contributed by atoms with E-state index in [1.165, 1.54) is 29.2 Å². The number of hydrogen-bond donors (Lipinski definition) is 1. The maximum atomic E-state index is 12.2. The number of carbonyl (C=O) groups excluding carboxylic acids is 2. The van der Waals surface area contributed by atoms with Gasteiger partial charge in [-0.05, 0) is 12.0 Å². The van der Waals surface area contributed by atoms with Crippen LogP contribution in [-0.4, -0.2) is 50.4 Å². The van der Waals surface area contributed by atoms with Crippen LogP contribution in [0.1, 0.15) is 6.92 Å². The van der Waals surface area contributed by atoms with E-state index in [4.69, 9.17) is 0 Å². The summed E-state index contributed by atoms with van der Waals surface area (Å²) in [5.74, 6) is -0.670. The van der Waals surface area contributed by atoms with Gasteiger partial charge in [-0.15, -0.1) is 0 Å². The van der Waals surface area contributed by atoms with E-state index in [1.807, 2.05) is 6.92 Å². The lowest BCUT2D eigenvalue weighted by molar-refractivity contribution is -0.384. The lowest BCUT2D eigenvalue weighted by Gasteiger charge is -2.21. The first-order valence-electron chi connectivity index (χ1n) is 7.06. The van der Waals surface area contributed by atoms with Crippen molar-refractivity contribution >= 4 is 34.0 Å². The molecule has 8 nitrogen and oxygen atoms in total. The van der Waals surface area contributed by atoms with E-state index in [0.29, 0.717) is 18.1 Å². The number of anilines is 1. The summed E-state index contributed by atoms with van der Waals surface area (Å²) in [6.07, 6.45) is 0. The standard InChI is InChI=1S/C14H17N3O5S/c1-10-8-16(5-6-23(22)9-10)14(19)13(18)15-11-3-2-4-12(7-11)17(20)21/h2-4,7,10H,5-6,8-9H2,1H3,(H,15,18)/t10-,23-/m0/s1. The van der Waals surface area contributed by atoms with E-state index in [-0.39, 0.29) is 23.8 Å². The number of amides is 2. The van der Waals surface area contributed by atoms with E-state index in [1.54, 1.807) is 0 Å². The fourth-order valence-electron chi connectivity index (χ4n) is 2.34. The quantitative estimate of drug-likeness (QED) is 0.486. The molecule has 1 aliphatic rings. The molecule has 0 spiro atoms. The Morgan fingerprint density at radius 1 is 1.43 bits per heavy atom. The molecule has 0 bridgehead atoms. The molecule has 1 N–H and O–H groups in total. The van der Waals surface area contributed by atoms with Gasteiger partial charge >= 0.3 is 11.8 Å². The highest BCUT2D eigenvalue weighted by Crippen LogP contribution is 2.17. The average molecular weight is 339 g/mol. The third kappa shape index (κ3) is 4.59. The Balaban J connectivity index is 2.05. The summed E-state index contributed by atoms with van der Waals surface area (Å²) in [6, 6.07) is 5.38. The van der Waals surface area contributed by atoms with Crippen molar-refractivity contribution in [1.82, 2.24) is 4.90 Å². The van der Waals surface area contributed by atoms with Crippen LogP contribution in [0.3, 0.4) is 0 Å². The van der Waals surface area contributed by atoms with E-state index in [2.05, 4.69) is 5.32 Å². The van der Waals surface area contributed by atoms with Gasteiger partial charge in [0.2, 0.25) is 0 Å². The van der Waals surface area contributed by atoms with Gasteiger partial charge in [-0.2, -0.15) is 0 Å². The molecule has 1 fully saturated rings. The van der Waals surface area contributed by atoms with Gasteiger partial charge in [-0.25, -0.2) is 0 Å². The van der Waals surface area contributed by atoms with Crippen LogP contribution in [0.5, 0.6) is 0 Å². The summed E-state index contributed by atoms with van der Waals surface area (Å²) in [5, 5.41) is 13.1. The van der Waals surface area contributed by atoms with Gasteiger partial charge < -0.3 is 10.2 Å². The number of nitrogens with one attached hydrogen (secondary N) is 1. The maximum Gasteiger partial charge on any atom is 0.313 e. The lowest BCUT2D eigenvalue weighted by atomic mass is 10.2. The Hall–Kier alpha value is -2.29. The van der Waals surface area contributed by atoms with Crippen LogP contribution in [0, 0.1) is 16.0 Å². The Kier molecular flexibility index (Phi) is 5.43. The predicted molar refractivity (Wildman–Crippen MR) is 85.3 cm³/mol. The summed E-state index contributed by atoms with van der Waals surface area (Å²) in [5.41, 5.74) is 0.0121. The number of benzene rings is 1. The van der Waals surface area contributed by atoms with E-state index >= 15 is 0 Å². The largest absolute Gasteiger partial charge is 0.333 e. The molecule has 2 atom stereocenters. The van der Waals surface area contributed by atoms with Crippen LogP contribution in [0.2, 0.25) is 0 Å². The Bertz CT molecular complexity index is 664. The fourth-order valence-corrected chi connectivity index (χ4v) is 3.67. The molecule has 0 aromatic heterocycles. The zero-order valence-electron chi connectivity index (χ0n) is 12.6. The van der Waals surface area contributed by atoms with E-state index < -0.39 is 27.5 Å². The number of carbonyl (C=O) groups is 2. The minimum Gasteiger partial charge on any atom is -0.333 e. The van der Waals surface area contributed by atoms with Crippen molar-refractivity contribution in [1.29, 1.82) is 0 Å². The highest BCUT2D eigenvalue weighted by molar-refractivity contribution is 7.85. The molecule has 0 radical (unpaired) electrons. The second-order valence-electron chi connectivity index (χ2n) is 5.43. The number of hydrogen-bond acceptors (Lipinski definition) is 5. The van der Waals surface area contributed by atoms with Gasteiger partial charge in [0.05, 0.1) is 4.92 Å². The normalized spacial score (nSPS) is 21.3. The second-order valence-corrected chi connectivity index (χ2v) is 7.05. The number of nitrogens with zero attached hydrogens (tertiary/aromatic N) is 2. The van der Waals surface area contributed by atoms with Crippen LogP contribution >= 0.6 is 0 Å². The summed E-state index contributed by atoms with van der Waals surface area (Å²) < 4.78 is 11.6. The molecular weight excluding hydrogens is 322 g/mol. The van der Waals surface area contributed by atoms with Crippen molar-refractivity contribution < 1.29 is 18.7 Å². The van der Waals surface area contributed by atoms with Crippen molar-refractivity contribution in [2.45, 2.75) is 6.92 Å². The molecule has 1 aromatic rings. The molecule has 23 heavy (non-hydrogen) atoms. The first kappa shape index (κ1) is 17.1. The molecule has 9 heteroatoms. The highest BCUT2D eigenvalue weighted by atomic mass is 32.2. The first-order chi connectivity index (χ1) is 10.9. The van der Waals surface area contributed by atoms with Crippen molar-refractivity contribution in [2.24, 2.45) is 5.92 Å². The predicted octanol–water partition coefficient (Wildman–Crippen LogP) is 0.760. The lowest BCUT2D eigenvalue weighted by Crippen LogP contribution is -2.42. The summed E-state index contributed by atoms with van der Waals surface area (Å²) in [6.45, 7) is 2.51. The van der Waals surface area contributed by atoms with Gasteiger partial charge in [0.25, 0.3) is 5.69 Å². The number of nitro groups is 1. The van der Waals surface area contributed by atoms with Crippen molar-refractivity contribution in [2.75, 3.05) is 29.9 Å². The monoisotopic (exact) mass is 339 g/mol.